The first kappa shape index (κ1) is 10.3. The maximum absolute atomic E-state index is 11.8. The number of amides is 1. The van der Waals surface area contributed by atoms with Gasteiger partial charge in [-0.05, 0) is 30.5 Å². The van der Waals surface area contributed by atoms with E-state index in [2.05, 4.69) is 0 Å². The van der Waals surface area contributed by atoms with Gasteiger partial charge in [-0.2, -0.15) is 0 Å². The van der Waals surface area contributed by atoms with Gasteiger partial charge < -0.3 is 10.0 Å². The van der Waals surface area contributed by atoms with E-state index >= 15 is 0 Å². The van der Waals surface area contributed by atoms with E-state index in [4.69, 9.17) is 5.11 Å². The lowest BCUT2D eigenvalue weighted by Gasteiger charge is -2.25. The highest BCUT2D eigenvalue weighted by atomic mass is 16.4. The Morgan fingerprint density at radius 3 is 2.41 bits per heavy atom. The molecule has 2 bridgehead atoms. The van der Waals surface area contributed by atoms with E-state index in [0.717, 1.165) is 18.4 Å². The van der Waals surface area contributed by atoms with E-state index in [1.54, 1.807) is 24.3 Å². The molecule has 3 fully saturated rings. The van der Waals surface area contributed by atoms with Crippen molar-refractivity contribution in [3.05, 3.63) is 35.4 Å². The largest absolute Gasteiger partial charge is 0.478 e. The molecular weight excluding hydrogens is 218 g/mol. The average molecular weight is 231 g/mol. The molecule has 2 aliphatic heterocycles. The molecule has 17 heavy (non-hydrogen) atoms. The number of nitrogens with zero attached hydrogens (tertiary/aromatic N) is 1. The van der Waals surface area contributed by atoms with Crippen LogP contribution in [0.2, 0.25) is 0 Å². The summed E-state index contributed by atoms with van der Waals surface area (Å²) in [5.41, 5.74) is 1.28. The summed E-state index contributed by atoms with van der Waals surface area (Å²) < 4.78 is 0. The van der Waals surface area contributed by atoms with Crippen LogP contribution in [0, 0.1) is 5.92 Å². The van der Waals surface area contributed by atoms with Crippen LogP contribution in [0.15, 0.2) is 24.3 Å². The lowest BCUT2D eigenvalue weighted by molar-refractivity contribution is -0.129. The van der Waals surface area contributed by atoms with Crippen molar-refractivity contribution in [3.63, 3.8) is 0 Å². The molecule has 0 unspecified atom stereocenters. The second-order valence-electron chi connectivity index (χ2n) is 4.79. The van der Waals surface area contributed by atoms with E-state index in [1.165, 1.54) is 0 Å². The van der Waals surface area contributed by atoms with Gasteiger partial charge in [-0.15, -0.1) is 0 Å². The van der Waals surface area contributed by atoms with Gasteiger partial charge in [0.2, 0.25) is 5.91 Å². The Morgan fingerprint density at radius 2 is 1.94 bits per heavy atom. The van der Waals surface area contributed by atoms with Crippen LogP contribution in [0.5, 0.6) is 0 Å². The molecule has 1 aliphatic carbocycles. The van der Waals surface area contributed by atoms with Crippen molar-refractivity contribution in [2.24, 2.45) is 5.92 Å². The molecule has 2 saturated heterocycles. The molecule has 1 aromatic carbocycles. The molecule has 4 rings (SSSR count). The molecule has 1 N–H and O–H groups in total. The maximum Gasteiger partial charge on any atom is 0.335 e. The molecule has 1 amide bonds. The molecule has 1 saturated carbocycles. The second-order valence-corrected chi connectivity index (χ2v) is 4.79. The quantitative estimate of drug-likeness (QED) is 0.857. The van der Waals surface area contributed by atoms with Crippen molar-refractivity contribution in [3.8, 4) is 0 Å². The highest BCUT2D eigenvalue weighted by Gasteiger charge is 2.49. The number of carboxylic acid groups (broad SMARTS) is 1. The van der Waals surface area contributed by atoms with Gasteiger partial charge in [0.05, 0.1) is 5.56 Å². The number of aromatic carboxylic acids is 1. The first-order valence-electron chi connectivity index (χ1n) is 5.78. The van der Waals surface area contributed by atoms with Crippen LogP contribution < -0.4 is 0 Å². The summed E-state index contributed by atoms with van der Waals surface area (Å²) in [6, 6.07) is 7.16. The van der Waals surface area contributed by atoms with Gasteiger partial charge in [0.15, 0.2) is 0 Å². The summed E-state index contributed by atoms with van der Waals surface area (Å²) in [5, 5.41) is 8.79. The second kappa shape index (κ2) is 3.58. The molecule has 0 radical (unpaired) electrons. The Balaban J connectivity index is 1.73. The standard InChI is InChI=1S/C13H13NO3/c15-12-10-5-11(6-10)14(12)7-8-1-3-9(4-2-8)13(16)17/h1-4,10-11H,5-7H2,(H,16,17). The predicted molar refractivity (Wildman–Crippen MR) is 60.5 cm³/mol. The number of hydrogen-bond acceptors (Lipinski definition) is 2. The van der Waals surface area contributed by atoms with E-state index in [-0.39, 0.29) is 17.4 Å². The fourth-order valence-corrected chi connectivity index (χ4v) is 2.61. The molecule has 3 aliphatic rings. The molecule has 2 heterocycles. The average Bonchev–Trinajstić information content (AvgIpc) is 2.69. The SMILES string of the molecule is O=C(O)c1ccc(CN2C(=O)C3CC2C3)cc1. The van der Waals surface area contributed by atoms with Crippen molar-refractivity contribution in [1.82, 2.24) is 4.90 Å². The van der Waals surface area contributed by atoms with E-state index < -0.39 is 5.97 Å². The molecule has 88 valence electrons. The smallest absolute Gasteiger partial charge is 0.335 e. The normalized spacial score (nSPS) is 25.9. The zero-order valence-corrected chi connectivity index (χ0v) is 9.30. The summed E-state index contributed by atoms with van der Waals surface area (Å²) >= 11 is 0. The molecule has 1 aromatic rings. The fourth-order valence-electron chi connectivity index (χ4n) is 2.61. The summed E-state index contributed by atoms with van der Waals surface area (Å²) in [6.45, 7) is 0.611. The van der Waals surface area contributed by atoms with Crippen LogP contribution in [-0.4, -0.2) is 27.9 Å². The summed E-state index contributed by atoms with van der Waals surface area (Å²) in [7, 11) is 0. The highest BCUT2D eigenvalue weighted by Crippen LogP contribution is 2.42. The van der Waals surface area contributed by atoms with Crippen LogP contribution in [0.3, 0.4) is 0 Å². The Labute approximate surface area is 98.9 Å². The van der Waals surface area contributed by atoms with E-state index in [0.29, 0.717) is 12.6 Å². The number of hydrogen-bond donors (Lipinski definition) is 1. The minimum absolute atomic E-state index is 0.261. The van der Waals surface area contributed by atoms with Crippen molar-refractivity contribution < 1.29 is 14.7 Å². The molecular formula is C13H13NO3. The minimum atomic E-state index is -0.920. The van der Waals surface area contributed by atoms with Gasteiger partial charge in [-0.1, -0.05) is 12.1 Å². The third kappa shape index (κ3) is 1.60. The molecule has 0 spiro atoms. The van der Waals surface area contributed by atoms with Gasteiger partial charge >= 0.3 is 5.97 Å². The Morgan fingerprint density at radius 1 is 1.29 bits per heavy atom. The third-order valence-corrected chi connectivity index (χ3v) is 3.74. The van der Waals surface area contributed by atoms with Gasteiger partial charge in [0.1, 0.15) is 0 Å². The first-order chi connectivity index (χ1) is 8.15. The van der Waals surface area contributed by atoms with Crippen LogP contribution in [0.4, 0.5) is 0 Å². The number of carbonyl (C=O) groups excluding carboxylic acids is 1. The number of carboxylic acids is 1. The zero-order valence-electron chi connectivity index (χ0n) is 9.30. The Kier molecular flexibility index (Phi) is 2.18. The van der Waals surface area contributed by atoms with Gasteiger partial charge in [-0.25, -0.2) is 4.79 Å². The topological polar surface area (TPSA) is 57.6 Å². The van der Waals surface area contributed by atoms with Gasteiger partial charge in [-0.3, -0.25) is 4.79 Å². The van der Waals surface area contributed by atoms with Gasteiger partial charge in [0, 0.05) is 18.5 Å². The maximum atomic E-state index is 11.8. The highest BCUT2D eigenvalue weighted by molar-refractivity contribution is 5.87. The first-order valence-corrected chi connectivity index (χ1v) is 5.78. The van der Waals surface area contributed by atoms with Crippen molar-refractivity contribution in [2.75, 3.05) is 0 Å². The Bertz CT molecular complexity index is 474. The predicted octanol–water partition coefficient (Wildman–Crippen LogP) is 1.51. The van der Waals surface area contributed by atoms with Gasteiger partial charge in [0.25, 0.3) is 0 Å². The summed E-state index contributed by atoms with van der Waals surface area (Å²) in [5.74, 6) is -0.397. The lowest BCUT2D eigenvalue weighted by atomic mass is 9.86. The Hall–Kier alpha value is -1.84. The molecule has 0 aromatic heterocycles. The number of benzene rings is 1. The third-order valence-electron chi connectivity index (χ3n) is 3.74. The molecule has 0 atom stereocenters. The monoisotopic (exact) mass is 231 g/mol. The fraction of sp³-hybridized carbons (Fsp3) is 0.385. The van der Waals surface area contributed by atoms with Crippen molar-refractivity contribution in [1.29, 1.82) is 0 Å². The summed E-state index contributed by atoms with van der Waals surface area (Å²) in [4.78, 5) is 24.4. The van der Waals surface area contributed by atoms with Crippen LogP contribution in [0.25, 0.3) is 0 Å². The van der Waals surface area contributed by atoms with Crippen molar-refractivity contribution >= 4 is 11.9 Å². The van der Waals surface area contributed by atoms with E-state index in [9.17, 15) is 9.59 Å². The van der Waals surface area contributed by atoms with Crippen LogP contribution in [-0.2, 0) is 11.3 Å². The van der Waals surface area contributed by atoms with Crippen molar-refractivity contribution in [2.45, 2.75) is 25.4 Å². The molecule has 4 heteroatoms. The zero-order chi connectivity index (χ0) is 12.0. The van der Waals surface area contributed by atoms with Crippen LogP contribution >= 0.6 is 0 Å². The van der Waals surface area contributed by atoms with Crippen LogP contribution in [0.1, 0.15) is 28.8 Å². The number of rotatable bonds is 3. The minimum Gasteiger partial charge on any atom is -0.478 e. The lowest BCUT2D eigenvalue weighted by Crippen LogP contribution is -2.29. The van der Waals surface area contributed by atoms with E-state index in [1.807, 2.05) is 4.90 Å². The summed E-state index contributed by atoms with van der Waals surface area (Å²) in [6.07, 6.45) is 2.01. The number of carbonyl (C=O) groups is 2. The number of fused-ring (bicyclic) bond motifs is 1. The molecule has 4 nitrogen and oxygen atoms in total.